The molecule has 18 heavy (non-hydrogen) atoms. The van der Waals surface area contributed by atoms with Gasteiger partial charge in [0.15, 0.2) is 0 Å². The van der Waals surface area contributed by atoms with Gasteiger partial charge in [-0.3, -0.25) is 0 Å². The van der Waals surface area contributed by atoms with Gasteiger partial charge in [-0.25, -0.2) is 0 Å². The van der Waals surface area contributed by atoms with Crippen molar-refractivity contribution in [3.05, 3.63) is 47.0 Å². The van der Waals surface area contributed by atoms with Crippen molar-refractivity contribution in [3.8, 4) is 11.1 Å². The predicted octanol–water partition coefficient (Wildman–Crippen LogP) is 2.74. The van der Waals surface area contributed by atoms with Gasteiger partial charge in [0, 0.05) is 12.1 Å². The Morgan fingerprint density at radius 3 is 2.67 bits per heavy atom. The molecule has 0 spiro atoms. The molecule has 0 saturated heterocycles. The van der Waals surface area contributed by atoms with E-state index in [1.165, 1.54) is 0 Å². The number of nitrogens with one attached hydrogen (secondary N) is 1. The molecule has 0 aliphatic heterocycles. The molecule has 1 aromatic heterocycles. The molecule has 1 heterocycles. The molecule has 0 radical (unpaired) electrons. The molecule has 5 heteroatoms. The van der Waals surface area contributed by atoms with Crippen molar-refractivity contribution < 1.29 is 0 Å². The van der Waals surface area contributed by atoms with E-state index in [9.17, 15) is 0 Å². The summed E-state index contributed by atoms with van der Waals surface area (Å²) in [7, 11) is 0. The van der Waals surface area contributed by atoms with Gasteiger partial charge in [0.25, 0.3) is 0 Å². The highest BCUT2D eigenvalue weighted by molar-refractivity contribution is 6.35. The quantitative estimate of drug-likeness (QED) is 0.743. The second-order valence-corrected chi connectivity index (χ2v) is 4.36. The molecule has 2 aromatic carbocycles. The van der Waals surface area contributed by atoms with Crippen molar-refractivity contribution in [2.75, 3.05) is 0 Å². The average Bonchev–Trinajstić information content (AvgIpc) is 2.86. The molecule has 0 bridgehead atoms. The molecule has 4 nitrogen and oxygen atoms in total. The fraction of sp³-hybridized carbons (Fsp3) is 0.0769. The van der Waals surface area contributed by atoms with Gasteiger partial charge in [0.05, 0.1) is 5.02 Å². The number of H-pyrrole nitrogens is 1. The number of benzene rings is 2. The minimum Gasteiger partial charge on any atom is -0.326 e. The van der Waals surface area contributed by atoms with Crippen LogP contribution in [0, 0.1) is 0 Å². The lowest BCUT2D eigenvalue weighted by Gasteiger charge is -2.09. The minimum absolute atomic E-state index is 0.376. The molecule has 3 N–H and O–H groups in total. The number of nitrogens with two attached hydrogens (primary N) is 1. The molecule has 0 fully saturated rings. The van der Waals surface area contributed by atoms with Gasteiger partial charge in [0.2, 0.25) is 0 Å². The second-order valence-electron chi connectivity index (χ2n) is 3.99. The Morgan fingerprint density at radius 1 is 1.17 bits per heavy atom. The third-order valence-corrected chi connectivity index (χ3v) is 3.34. The minimum atomic E-state index is 0.376. The molecule has 0 atom stereocenters. The summed E-state index contributed by atoms with van der Waals surface area (Å²) in [5.74, 6) is 0. The Balaban J connectivity index is 2.39. The van der Waals surface area contributed by atoms with Gasteiger partial charge in [0.1, 0.15) is 11.0 Å². The summed E-state index contributed by atoms with van der Waals surface area (Å²) < 4.78 is 0. The largest absolute Gasteiger partial charge is 0.326 e. The van der Waals surface area contributed by atoms with E-state index in [0.717, 1.165) is 27.7 Å². The van der Waals surface area contributed by atoms with Crippen LogP contribution in [-0.4, -0.2) is 15.4 Å². The van der Waals surface area contributed by atoms with Gasteiger partial charge >= 0.3 is 0 Å². The molecule has 0 aliphatic rings. The number of hydrogen-bond acceptors (Lipinski definition) is 3. The molecule has 0 unspecified atom stereocenters. The first kappa shape index (κ1) is 11.2. The Hall–Kier alpha value is -1.91. The molecule has 90 valence electrons. The first-order valence-electron chi connectivity index (χ1n) is 5.58. The highest BCUT2D eigenvalue weighted by atomic mass is 35.5. The Labute approximate surface area is 109 Å². The van der Waals surface area contributed by atoms with Crippen LogP contribution in [0.1, 0.15) is 5.56 Å². The number of aromatic amines is 1. The normalized spacial score (nSPS) is 11.0. The lowest BCUT2D eigenvalue weighted by Crippen LogP contribution is -1.99. The standard InChI is InChI=1S/C13H11ClN4/c14-12-9(7-15)6-10-13(17-18-16-10)11(12)8-4-2-1-3-5-8/h1-6H,7,15H2,(H,16,17,18). The topological polar surface area (TPSA) is 67.6 Å². The molecular weight excluding hydrogens is 248 g/mol. The van der Waals surface area contributed by atoms with E-state index in [4.69, 9.17) is 17.3 Å². The van der Waals surface area contributed by atoms with Crippen LogP contribution in [0.25, 0.3) is 22.2 Å². The van der Waals surface area contributed by atoms with E-state index < -0.39 is 0 Å². The third kappa shape index (κ3) is 1.66. The van der Waals surface area contributed by atoms with Gasteiger partial charge in [-0.1, -0.05) is 41.9 Å². The first-order chi connectivity index (χ1) is 8.81. The van der Waals surface area contributed by atoms with Crippen LogP contribution in [-0.2, 0) is 6.54 Å². The van der Waals surface area contributed by atoms with Crippen LogP contribution in [0.4, 0.5) is 0 Å². The van der Waals surface area contributed by atoms with E-state index in [0.29, 0.717) is 11.6 Å². The monoisotopic (exact) mass is 258 g/mol. The highest BCUT2D eigenvalue weighted by Gasteiger charge is 2.15. The second kappa shape index (κ2) is 4.40. The number of nitrogens with zero attached hydrogens (tertiary/aromatic N) is 2. The maximum atomic E-state index is 6.42. The van der Waals surface area contributed by atoms with Gasteiger partial charge in [-0.15, -0.1) is 0 Å². The number of halogens is 1. The fourth-order valence-corrected chi connectivity index (χ4v) is 2.36. The first-order valence-corrected chi connectivity index (χ1v) is 5.96. The smallest absolute Gasteiger partial charge is 0.122 e. The van der Waals surface area contributed by atoms with Crippen molar-refractivity contribution in [1.29, 1.82) is 0 Å². The lowest BCUT2D eigenvalue weighted by molar-refractivity contribution is 0.959. The van der Waals surface area contributed by atoms with Crippen molar-refractivity contribution >= 4 is 22.6 Å². The average molecular weight is 259 g/mol. The summed E-state index contributed by atoms with van der Waals surface area (Å²) >= 11 is 6.42. The Kier molecular flexibility index (Phi) is 2.74. The van der Waals surface area contributed by atoms with Crippen LogP contribution in [0.5, 0.6) is 0 Å². The summed E-state index contributed by atoms with van der Waals surface area (Å²) in [4.78, 5) is 0. The van der Waals surface area contributed by atoms with Crippen LogP contribution in [0.2, 0.25) is 5.02 Å². The molecule has 3 aromatic rings. The van der Waals surface area contributed by atoms with Crippen molar-refractivity contribution in [3.63, 3.8) is 0 Å². The Bertz CT molecular complexity index is 691. The summed E-state index contributed by atoms with van der Waals surface area (Å²) in [5, 5.41) is 11.5. The Morgan fingerprint density at radius 2 is 1.94 bits per heavy atom. The zero-order valence-corrected chi connectivity index (χ0v) is 10.3. The predicted molar refractivity (Wildman–Crippen MR) is 72.2 cm³/mol. The van der Waals surface area contributed by atoms with E-state index in [1.54, 1.807) is 0 Å². The maximum Gasteiger partial charge on any atom is 0.122 e. The van der Waals surface area contributed by atoms with E-state index >= 15 is 0 Å². The molecule has 3 rings (SSSR count). The molecule has 0 aliphatic carbocycles. The lowest BCUT2D eigenvalue weighted by atomic mass is 10.0. The van der Waals surface area contributed by atoms with Crippen LogP contribution in [0.3, 0.4) is 0 Å². The van der Waals surface area contributed by atoms with Crippen molar-refractivity contribution in [2.24, 2.45) is 5.73 Å². The summed E-state index contributed by atoms with van der Waals surface area (Å²) in [6.45, 7) is 0.376. The molecule has 0 saturated carbocycles. The van der Waals surface area contributed by atoms with E-state index in [1.807, 2.05) is 36.4 Å². The number of aromatic nitrogens is 3. The number of rotatable bonds is 2. The third-order valence-electron chi connectivity index (χ3n) is 2.91. The molecule has 0 amide bonds. The SMILES string of the molecule is NCc1cc2n[nH]nc2c(-c2ccccc2)c1Cl. The maximum absolute atomic E-state index is 6.42. The summed E-state index contributed by atoms with van der Waals surface area (Å²) in [6.07, 6.45) is 0. The van der Waals surface area contributed by atoms with Gasteiger partial charge < -0.3 is 5.73 Å². The number of hydrogen-bond donors (Lipinski definition) is 2. The van der Waals surface area contributed by atoms with E-state index in [2.05, 4.69) is 15.4 Å². The van der Waals surface area contributed by atoms with Gasteiger partial charge in [-0.2, -0.15) is 15.4 Å². The summed E-state index contributed by atoms with van der Waals surface area (Å²) in [5.41, 5.74) is 10.0. The highest BCUT2D eigenvalue weighted by Crippen LogP contribution is 2.35. The summed E-state index contributed by atoms with van der Waals surface area (Å²) in [6, 6.07) is 11.8. The van der Waals surface area contributed by atoms with Crippen molar-refractivity contribution in [2.45, 2.75) is 6.54 Å². The van der Waals surface area contributed by atoms with E-state index in [-0.39, 0.29) is 0 Å². The van der Waals surface area contributed by atoms with Crippen LogP contribution < -0.4 is 5.73 Å². The van der Waals surface area contributed by atoms with Crippen molar-refractivity contribution in [1.82, 2.24) is 15.4 Å². The van der Waals surface area contributed by atoms with Crippen LogP contribution in [0.15, 0.2) is 36.4 Å². The van der Waals surface area contributed by atoms with Crippen LogP contribution >= 0.6 is 11.6 Å². The van der Waals surface area contributed by atoms with Gasteiger partial charge in [-0.05, 0) is 17.2 Å². The zero-order valence-electron chi connectivity index (χ0n) is 9.52. The number of fused-ring (bicyclic) bond motifs is 1. The zero-order chi connectivity index (χ0) is 12.5. The fourth-order valence-electron chi connectivity index (χ4n) is 2.03. The molecular formula is C13H11ClN4.